The van der Waals surface area contributed by atoms with Crippen molar-refractivity contribution in [1.29, 1.82) is 0 Å². The molecule has 0 amide bonds. The number of nitro groups is 1. The van der Waals surface area contributed by atoms with Gasteiger partial charge in [-0.15, -0.1) is 0 Å². The van der Waals surface area contributed by atoms with Crippen molar-refractivity contribution in [1.82, 2.24) is 0 Å². The fourth-order valence-electron chi connectivity index (χ4n) is 1.58. The lowest BCUT2D eigenvalue weighted by molar-refractivity contribution is -0.384. The van der Waals surface area contributed by atoms with Crippen LogP contribution in [-0.4, -0.2) is 11.1 Å². The predicted molar refractivity (Wildman–Crippen MR) is 76.7 cm³/mol. The summed E-state index contributed by atoms with van der Waals surface area (Å²) < 4.78 is 0. The molecule has 2 aromatic carbocycles. The number of nitro benzene ring substituents is 1. The van der Waals surface area contributed by atoms with E-state index in [1.165, 1.54) is 17.7 Å². The number of aryl methyl sites for hydroxylation is 1. The van der Waals surface area contributed by atoms with Crippen LogP contribution in [0.1, 0.15) is 16.7 Å². The fourth-order valence-corrected chi connectivity index (χ4v) is 1.58. The van der Waals surface area contributed by atoms with Gasteiger partial charge in [-0.1, -0.05) is 35.0 Å². The highest BCUT2D eigenvalue weighted by Gasteiger charge is 2.03. The minimum absolute atomic E-state index is 0.0666. The van der Waals surface area contributed by atoms with Gasteiger partial charge in [-0.25, -0.2) is 0 Å². The highest BCUT2D eigenvalue weighted by Crippen LogP contribution is 2.12. The maximum absolute atomic E-state index is 10.5. The maximum Gasteiger partial charge on any atom is 0.269 e. The molecule has 0 aromatic heterocycles. The highest BCUT2D eigenvalue weighted by molar-refractivity contribution is 5.79. The predicted octanol–water partition coefficient (Wildman–Crippen LogP) is 3.45. The third kappa shape index (κ3) is 3.91. The summed E-state index contributed by atoms with van der Waals surface area (Å²) in [5.74, 6) is 0. The Morgan fingerprint density at radius 1 is 1.15 bits per heavy atom. The van der Waals surface area contributed by atoms with Crippen LogP contribution in [0.15, 0.2) is 53.7 Å². The van der Waals surface area contributed by atoms with E-state index in [0.29, 0.717) is 0 Å². The molecule has 0 aliphatic heterocycles. The fraction of sp³-hybridized carbons (Fsp3) is 0.133. The van der Waals surface area contributed by atoms with Gasteiger partial charge in [0, 0.05) is 12.1 Å². The Kier molecular flexibility index (Phi) is 4.44. The molecule has 0 spiro atoms. The normalized spacial score (nSPS) is 10.7. The number of nitrogens with zero attached hydrogens (tertiary/aromatic N) is 2. The van der Waals surface area contributed by atoms with Crippen molar-refractivity contribution in [3.05, 3.63) is 75.3 Å². The Bertz CT molecular complexity index is 604. The first-order valence-corrected chi connectivity index (χ1v) is 6.10. The van der Waals surface area contributed by atoms with Gasteiger partial charge in [-0.05, 0) is 30.2 Å². The second-order valence-corrected chi connectivity index (χ2v) is 4.34. The van der Waals surface area contributed by atoms with E-state index >= 15 is 0 Å². The lowest BCUT2D eigenvalue weighted by Gasteiger charge is -1.99. The van der Waals surface area contributed by atoms with Crippen LogP contribution in [0.2, 0.25) is 0 Å². The van der Waals surface area contributed by atoms with Crippen LogP contribution in [-0.2, 0) is 11.4 Å². The van der Waals surface area contributed by atoms with Crippen LogP contribution < -0.4 is 0 Å². The molecule has 0 aliphatic rings. The molecule has 5 nitrogen and oxygen atoms in total. The topological polar surface area (TPSA) is 64.7 Å². The molecule has 20 heavy (non-hydrogen) atoms. The van der Waals surface area contributed by atoms with E-state index in [2.05, 4.69) is 5.16 Å². The molecule has 0 saturated carbocycles. The highest BCUT2D eigenvalue weighted by atomic mass is 16.6. The first kappa shape index (κ1) is 13.7. The molecule has 0 unspecified atom stereocenters. The Balaban J connectivity index is 1.86. The third-order valence-electron chi connectivity index (χ3n) is 2.73. The zero-order chi connectivity index (χ0) is 14.4. The molecule has 2 rings (SSSR count). The summed E-state index contributed by atoms with van der Waals surface area (Å²) in [5, 5.41) is 14.4. The summed E-state index contributed by atoms with van der Waals surface area (Å²) in [6.07, 6.45) is 1.63. The number of benzene rings is 2. The summed E-state index contributed by atoms with van der Waals surface area (Å²) in [5.41, 5.74) is 3.04. The lowest BCUT2D eigenvalue weighted by atomic mass is 10.2. The lowest BCUT2D eigenvalue weighted by Crippen LogP contribution is -1.91. The van der Waals surface area contributed by atoms with Crippen molar-refractivity contribution in [3.8, 4) is 0 Å². The summed E-state index contributed by atoms with van der Waals surface area (Å²) in [4.78, 5) is 15.2. The minimum Gasteiger partial charge on any atom is -0.391 e. The number of rotatable bonds is 5. The monoisotopic (exact) mass is 270 g/mol. The van der Waals surface area contributed by atoms with Crippen molar-refractivity contribution < 1.29 is 9.76 Å². The summed E-state index contributed by atoms with van der Waals surface area (Å²) in [6, 6.07) is 14.1. The number of non-ortho nitro benzene ring substituents is 1. The first-order chi connectivity index (χ1) is 9.65. The summed E-state index contributed by atoms with van der Waals surface area (Å²) >= 11 is 0. The molecule has 102 valence electrons. The van der Waals surface area contributed by atoms with Crippen molar-refractivity contribution in [2.75, 3.05) is 0 Å². The van der Waals surface area contributed by atoms with E-state index in [4.69, 9.17) is 4.84 Å². The summed E-state index contributed by atoms with van der Waals surface area (Å²) in [7, 11) is 0. The first-order valence-electron chi connectivity index (χ1n) is 6.10. The Labute approximate surface area is 116 Å². The van der Waals surface area contributed by atoms with Gasteiger partial charge >= 0.3 is 0 Å². The van der Waals surface area contributed by atoms with Crippen molar-refractivity contribution in [2.45, 2.75) is 13.5 Å². The van der Waals surface area contributed by atoms with Gasteiger partial charge in [-0.2, -0.15) is 0 Å². The van der Waals surface area contributed by atoms with Gasteiger partial charge in [0.15, 0.2) is 0 Å². The molecule has 0 radical (unpaired) electrons. The molecule has 0 bridgehead atoms. The quantitative estimate of drug-likeness (QED) is 0.475. The smallest absolute Gasteiger partial charge is 0.269 e. The number of hydrogen-bond acceptors (Lipinski definition) is 4. The standard InChI is InChI=1S/C15H14N2O3/c1-12-2-4-13(5-3-12)10-16-20-11-14-6-8-15(9-7-14)17(18)19/h2-10H,11H2,1H3/b16-10-. The molecule has 0 N–H and O–H groups in total. The molecule has 0 atom stereocenters. The molecular formula is C15H14N2O3. The van der Waals surface area contributed by atoms with Crippen LogP contribution in [0.3, 0.4) is 0 Å². The second-order valence-electron chi connectivity index (χ2n) is 4.34. The van der Waals surface area contributed by atoms with Gasteiger partial charge in [0.1, 0.15) is 6.61 Å². The largest absolute Gasteiger partial charge is 0.391 e. The Morgan fingerprint density at radius 3 is 2.40 bits per heavy atom. The van der Waals surface area contributed by atoms with E-state index in [1.807, 2.05) is 31.2 Å². The maximum atomic E-state index is 10.5. The Hall–Kier alpha value is -2.69. The number of hydrogen-bond donors (Lipinski definition) is 0. The van der Waals surface area contributed by atoms with Gasteiger partial charge in [0.2, 0.25) is 0 Å². The zero-order valence-corrected chi connectivity index (χ0v) is 11.0. The van der Waals surface area contributed by atoms with Crippen molar-refractivity contribution in [2.24, 2.45) is 5.16 Å². The average Bonchev–Trinajstić information content (AvgIpc) is 2.46. The molecule has 0 aliphatic carbocycles. The zero-order valence-electron chi connectivity index (χ0n) is 11.0. The third-order valence-corrected chi connectivity index (χ3v) is 2.73. The van der Waals surface area contributed by atoms with Gasteiger partial charge in [0.25, 0.3) is 5.69 Å². The molecule has 0 heterocycles. The van der Waals surface area contributed by atoms with Crippen LogP contribution in [0.25, 0.3) is 0 Å². The van der Waals surface area contributed by atoms with E-state index in [9.17, 15) is 10.1 Å². The van der Waals surface area contributed by atoms with Crippen LogP contribution in [0.5, 0.6) is 0 Å². The van der Waals surface area contributed by atoms with Crippen LogP contribution >= 0.6 is 0 Å². The van der Waals surface area contributed by atoms with E-state index in [1.54, 1.807) is 18.3 Å². The molecule has 2 aromatic rings. The number of oxime groups is 1. The van der Waals surface area contributed by atoms with E-state index in [-0.39, 0.29) is 12.3 Å². The van der Waals surface area contributed by atoms with Crippen molar-refractivity contribution >= 4 is 11.9 Å². The van der Waals surface area contributed by atoms with Gasteiger partial charge < -0.3 is 4.84 Å². The molecule has 5 heteroatoms. The van der Waals surface area contributed by atoms with Crippen molar-refractivity contribution in [3.63, 3.8) is 0 Å². The Morgan fingerprint density at radius 2 is 1.80 bits per heavy atom. The second kappa shape index (κ2) is 6.47. The molecule has 0 saturated heterocycles. The molecule has 0 fully saturated rings. The van der Waals surface area contributed by atoms with E-state index in [0.717, 1.165) is 11.1 Å². The average molecular weight is 270 g/mol. The SMILES string of the molecule is Cc1ccc(/C=N\OCc2ccc([N+](=O)[O-])cc2)cc1. The summed E-state index contributed by atoms with van der Waals surface area (Å²) in [6.45, 7) is 2.30. The molecular weight excluding hydrogens is 256 g/mol. The van der Waals surface area contributed by atoms with Gasteiger partial charge in [-0.3, -0.25) is 10.1 Å². The van der Waals surface area contributed by atoms with Crippen LogP contribution in [0.4, 0.5) is 5.69 Å². The minimum atomic E-state index is -0.430. The van der Waals surface area contributed by atoms with Gasteiger partial charge in [0.05, 0.1) is 11.1 Å². The van der Waals surface area contributed by atoms with Crippen LogP contribution in [0, 0.1) is 17.0 Å². The van der Waals surface area contributed by atoms with E-state index < -0.39 is 4.92 Å².